The minimum absolute atomic E-state index is 0. The number of carbonyl (C=O) groups excluding carboxylic acids is 1. The van der Waals surface area contributed by atoms with Crippen molar-refractivity contribution < 1.29 is 17.9 Å². The van der Waals surface area contributed by atoms with E-state index in [0.29, 0.717) is 12.1 Å². The lowest BCUT2D eigenvalue weighted by Gasteiger charge is -2.38. The molecule has 2 unspecified atom stereocenters. The summed E-state index contributed by atoms with van der Waals surface area (Å²) in [7, 11) is -2.32. The first-order valence-electron chi connectivity index (χ1n) is 9.58. The number of nitrogens with zero attached hydrogens (tertiary/aromatic N) is 1. The van der Waals surface area contributed by atoms with Crippen molar-refractivity contribution in [1.82, 2.24) is 14.9 Å². The number of carbonyl (C=O) groups is 1. The smallest absolute Gasteiger partial charge is 0.254 e. The fraction of sp³-hybridized carbons (Fsp3) is 0.632. The molecule has 2 fully saturated rings. The van der Waals surface area contributed by atoms with Crippen molar-refractivity contribution in [3.05, 3.63) is 23.8 Å². The van der Waals surface area contributed by atoms with Crippen LogP contribution in [0.5, 0.6) is 5.75 Å². The van der Waals surface area contributed by atoms with Gasteiger partial charge in [-0.3, -0.25) is 4.79 Å². The molecule has 0 radical (unpaired) electrons. The largest absolute Gasteiger partial charge is 0.495 e. The van der Waals surface area contributed by atoms with Gasteiger partial charge in [-0.1, -0.05) is 12.8 Å². The summed E-state index contributed by atoms with van der Waals surface area (Å²) in [5.74, 6) is 0.0922. The first-order chi connectivity index (χ1) is 12.8. The van der Waals surface area contributed by atoms with E-state index in [1.54, 1.807) is 17.0 Å². The van der Waals surface area contributed by atoms with Gasteiger partial charge in [-0.05, 0) is 44.9 Å². The van der Waals surface area contributed by atoms with E-state index in [1.807, 2.05) is 13.8 Å². The zero-order valence-electron chi connectivity index (χ0n) is 16.6. The summed E-state index contributed by atoms with van der Waals surface area (Å²) >= 11 is 0. The van der Waals surface area contributed by atoms with Crippen molar-refractivity contribution in [2.45, 2.75) is 62.6 Å². The molecule has 1 amide bonds. The molecular weight excluding hydrogens is 402 g/mol. The van der Waals surface area contributed by atoms with Gasteiger partial charge in [-0.25, -0.2) is 13.1 Å². The van der Waals surface area contributed by atoms with E-state index in [-0.39, 0.29) is 47.1 Å². The molecule has 2 N–H and O–H groups in total. The van der Waals surface area contributed by atoms with E-state index in [4.69, 9.17) is 4.74 Å². The summed E-state index contributed by atoms with van der Waals surface area (Å²) in [4.78, 5) is 14.8. The highest BCUT2D eigenvalue weighted by Gasteiger charge is 2.31. The van der Waals surface area contributed by atoms with Crippen LogP contribution in [-0.4, -0.2) is 57.5 Å². The van der Waals surface area contributed by atoms with E-state index < -0.39 is 10.0 Å². The fourth-order valence-corrected chi connectivity index (χ4v) is 5.36. The number of piperazine rings is 1. The number of hydrogen-bond acceptors (Lipinski definition) is 5. The Hall–Kier alpha value is -1.35. The molecule has 1 aromatic carbocycles. The molecule has 1 aromatic rings. The molecule has 1 saturated carbocycles. The van der Waals surface area contributed by atoms with Crippen LogP contribution in [0.2, 0.25) is 0 Å². The predicted octanol–water partition coefficient (Wildman–Crippen LogP) is 2.16. The number of sulfonamides is 1. The van der Waals surface area contributed by atoms with Crippen LogP contribution in [0.3, 0.4) is 0 Å². The van der Waals surface area contributed by atoms with Crippen LogP contribution >= 0.6 is 12.4 Å². The van der Waals surface area contributed by atoms with Crippen molar-refractivity contribution in [1.29, 1.82) is 0 Å². The summed E-state index contributed by atoms with van der Waals surface area (Å²) in [6.45, 7) is 5.36. The lowest BCUT2D eigenvalue weighted by Crippen LogP contribution is -2.57. The quantitative estimate of drug-likeness (QED) is 0.745. The molecule has 158 valence electrons. The van der Waals surface area contributed by atoms with E-state index in [2.05, 4.69) is 10.0 Å². The maximum Gasteiger partial charge on any atom is 0.254 e. The van der Waals surface area contributed by atoms with Crippen LogP contribution in [-0.2, 0) is 10.0 Å². The normalized spacial score (nSPS) is 23.3. The number of methoxy groups -OCH3 is 1. The average Bonchev–Trinajstić information content (AvgIpc) is 3.15. The van der Waals surface area contributed by atoms with Crippen molar-refractivity contribution in [2.24, 2.45) is 0 Å². The summed E-state index contributed by atoms with van der Waals surface area (Å²) in [5, 5.41) is 3.34. The Bertz CT molecular complexity index is 796. The molecule has 2 aliphatic rings. The second kappa shape index (κ2) is 9.43. The second-order valence-electron chi connectivity index (χ2n) is 7.45. The summed E-state index contributed by atoms with van der Waals surface area (Å²) in [5.41, 5.74) is 0.364. The Morgan fingerprint density at radius 2 is 1.93 bits per heavy atom. The van der Waals surface area contributed by atoms with Gasteiger partial charge in [0.15, 0.2) is 0 Å². The third-order valence-electron chi connectivity index (χ3n) is 5.67. The standard InChI is InChI=1S/C19H29N3O4S.ClH/c1-13-14(2)22(11-10-20-13)19(23)15-8-9-17(26-3)18(12-15)27(24,25)21-16-6-4-5-7-16;/h8-9,12-14,16,20-21H,4-7,10-11H2,1-3H3;1H. The van der Waals surface area contributed by atoms with Crippen LogP contribution in [0.25, 0.3) is 0 Å². The molecule has 1 saturated heterocycles. The molecule has 28 heavy (non-hydrogen) atoms. The first kappa shape index (κ1) is 22.9. The molecule has 9 heteroatoms. The van der Waals surface area contributed by atoms with Crippen LogP contribution in [0, 0.1) is 0 Å². The number of halogens is 1. The number of ether oxygens (including phenoxy) is 1. The lowest BCUT2D eigenvalue weighted by molar-refractivity contribution is 0.0602. The van der Waals surface area contributed by atoms with Gasteiger partial charge < -0.3 is 15.0 Å². The predicted molar refractivity (Wildman–Crippen MR) is 111 cm³/mol. The Morgan fingerprint density at radius 1 is 1.25 bits per heavy atom. The lowest BCUT2D eigenvalue weighted by atomic mass is 10.1. The topological polar surface area (TPSA) is 87.7 Å². The number of rotatable bonds is 5. The van der Waals surface area contributed by atoms with E-state index >= 15 is 0 Å². The number of nitrogens with one attached hydrogen (secondary N) is 2. The highest BCUT2D eigenvalue weighted by Crippen LogP contribution is 2.28. The summed E-state index contributed by atoms with van der Waals surface area (Å²) < 4.78 is 33.8. The van der Waals surface area contributed by atoms with Gasteiger partial charge in [0, 0.05) is 36.8 Å². The minimum atomic E-state index is -3.76. The maximum atomic E-state index is 13.0. The van der Waals surface area contributed by atoms with Crippen molar-refractivity contribution in [3.63, 3.8) is 0 Å². The molecule has 0 bridgehead atoms. The zero-order chi connectivity index (χ0) is 19.6. The maximum absolute atomic E-state index is 13.0. The molecule has 1 aliphatic carbocycles. The Kier molecular flexibility index (Phi) is 7.73. The van der Waals surface area contributed by atoms with Gasteiger partial charge in [-0.2, -0.15) is 0 Å². The SMILES string of the molecule is COc1ccc(C(=O)N2CCNC(C)C2C)cc1S(=O)(=O)NC1CCCC1.Cl. The molecule has 0 aromatic heterocycles. The van der Waals surface area contributed by atoms with Gasteiger partial charge >= 0.3 is 0 Å². The van der Waals surface area contributed by atoms with Crippen LogP contribution < -0.4 is 14.8 Å². The van der Waals surface area contributed by atoms with Crippen molar-refractivity contribution in [2.75, 3.05) is 20.2 Å². The van der Waals surface area contributed by atoms with Gasteiger partial charge in [0.05, 0.1) is 7.11 Å². The van der Waals surface area contributed by atoms with Gasteiger partial charge in [0.2, 0.25) is 10.0 Å². The van der Waals surface area contributed by atoms with E-state index in [1.165, 1.54) is 13.2 Å². The Balaban J connectivity index is 0.00000280. The molecule has 3 rings (SSSR count). The summed E-state index contributed by atoms with van der Waals surface area (Å²) in [6, 6.07) is 4.81. The highest BCUT2D eigenvalue weighted by atomic mass is 35.5. The average molecular weight is 432 g/mol. The molecule has 1 heterocycles. The Labute approximate surface area is 173 Å². The van der Waals surface area contributed by atoms with Crippen molar-refractivity contribution in [3.8, 4) is 5.75 Å². The van der Waals surface area contributed by atoms with Crippen LogP contribution in [0.15, 0.2) is 23.1 Å². The zero-order valence-corrected chi connectivity index (χ0v) is 18.2. The monoisotopic (exact) mass is 431 g/mol. The fourth-order valence-electron chi connectivity index (χ4n) is 3.86. The van der Waals surface area contributed by atoms with E-state index in [0.717, 1.165) is 32.2 Å². The summed E-state index contributed by atoms with van der Waals surface area (Å²) in [6.07, 6.45) is 3.75. The third-order valence-corrected chi connectivity index (χ3v) is 7.21. The van der Waals surface area contributed by atoms with Gasteiger partial charge in [0.1, 0.15) is 10.6 Å². The van der Waals surface area contributed by atoms with Crippen LogP contribution in [0.1, 0.15) is 49.9 Å². The highest BCUT2D eigenvalue weighted by molar-refractivity contribution is 7.89. The molecule has 2 atom stereocenters. The van der Waals surface area contributed by atoms with Crippen molar-refractivity contribution >= 4 is 28.3 Å². The minimum Gasteiger partial charge on any atom is -0.495 e. The first-order valence-corrected chi connectivity index (χ1v) is 11.1. The molecule has 1 aliphatic heterocycles. The van der Waals surface area contributed by atoms with Crippen LogP contribution in [0.4, 0.5) is 0 Å². The number of amides is 1. The van der Waals surface area contributed by atoms with Gasteiger partial charge in [0.25, 0.3) is 5.91 Å². The molecule has 0 spiro atoms. The second-order valence-corrected chi connectivity index (χ2v) is 9.13. The Morgan fingerprint density at radius 3 is 2.57 bits per heavy atom. The number of benzene rings is 1. The third kappa shape index (κ3) is 4.79. The molecule has 7 nitrogen and oxygen atoms in total. The van der Waals surface area contributed by atoms with E-state index in [9.17, 15) is 13.2 Å². The number of hydrogen-bond donors (Lipinski definition) is 2. The molecular formula is C19H30ClN3O4S. The van der Waals surface area contributed by atoms with Gasteiger partial charge in [-0.15, -0.1) is 12.4 Å².